The van der Waals surface area contributed by atoms with E-state index in [2.05, 4.69) is 21.3 Å². The van der Waals surface area contributed by atoms with E-state index in [9.17, 15) is 89.4 Å². The molecule has 5 heterocycles. The van der Waals surface area contributed by atoms with E-state index in [0.29, 0.717) is 6.42 Å². The molecule has 2 fully saturated rings. The molecule has 0 radical (unpaired) electrons. The number of carboxylic acid groups (broad SMARTS) is 3. The number of aromatic hydroxyl groups is 1. The third-order valence-corrected chi connectivity index (χ3v) is 13.9. The normalized spacial score (nSPS) is 25.5. The van der Waals surface area contributed by atoms with E-state index in [1.807, 2.05) is 0 Å². The number of phenols is 1. The molecule has 29 nitrogen and oxygen atoms in total. The van der Waals surface area contributed by atoms with E-state index in [4.69, 9.17) is 44.4 Å². The molecule has 4 aliphatic heterocycles. The van der Waals surface area contributed by atoms with Gasteiger partial charge in [0, 0.05) is 65.5 Å². The number of esters is 1. The van der Waals surface area contributed by atoms with Gasteiger partial charge in [0.15, 0.2) is 17.8 Å². The summed E-state index contributed by atoms with van der Waals surface area (Å²) in [5.41, 5.74) is -2.98. The summed E-state index contributed by atoms with van der Waals surface area (Å²) in [7, 11) is 0. The summed E-state index contributed by atoms with van der Waals surface area (Å²) in [4.78, 5) is 101. The van der Waals surface area contributed by atoms with Gasteiger partial charge in [-0.3, -0.25) is 14.4 Å². The number of unbranched alkanes of at least 4 members (excludes halogenated alkanes) is 1. The molecule has 5 aromatic rings. The molecule has 9 rings (SSSR count). The molecule has 30 heteroatoms. The summed E-state index contributed by atoms with van der Waals surface area (Å²) in [5.74, 6) is -8.08. The molecule has 12 atom stereocenters. The second-order valence-corrected chi connectivity index (χ2v) is 19.5. The highest BCUT2D eigenvalue weighted by atomic mass is 35.5. The first-order valence-electron chi connectivity index (χ1n) is 24.8. The number of benzene rings is 4. The molecule has 434 valence electrons. The Morgan fingerprint density at radius 1 is 0.671 bits per heavy atom. The van der Waals surface area contributed by atoms with E-state index < -0.39 is 127 Å². The second kappa shape index (κ2) is 23.4. The number of fused-ring (bicyclic) bond motifs is 7. The maximum absolute atomic E-state index is 14.1. The number of hydrogen-bond acceptors (Lipinski definition) is 22. The van der Waals surface area contributed by atoms with Gasteiger partial charge in [-0.25, -0.2) is 24.0 Å². The van der Waals surface area contributed by atoms with Gasteiger partial charge in [-0.2, -0.15) is 0 Å². The lowest BCUT2D eigenvalue weighted by Gasteiger charge is -2.39. The first-order valence-corrected chi connectivity index (χ1v) is 25.2. The predicted molar refractivity (Wildman–Crippen MR) is 271 cm³/mol. The van der Waals surface area contributed by atoms with Gasteiger partial charge >= 0.3 is 35.5 Å². The molecular formula is C52H49ClN4O25. The number of halogens is 1. The van der Waals surface area contributed by atoms with Gasteiger partial charge in [0.05, 0.1) is 10.6 Å². The van der Waals surface area contributed by atoms with Crippen LogP contribution in [0.1, 0.15) is 63.1 Å². The summed E-state index contributed by atoms with van der Waals surface area (Å²) in [6.45, 7) is 0.0650. The van der Waals surface area contributed by atoms with Gasteiger partial charge in [-0.05, 0) is 67.8 Å². The highest BCUT2D eigenvalue weighted by molar-refractivity contribution is 6.32. The lowest BCUT2D eigenvalue weighted by atomic mass is 9.77. The minimum atomic E-state index is -2.04. The van der Waals surface area contributed by atoms with Crippen molar-refractivity contribution in [1.82, 2.24) is 16.0 Å². The lowest BCUT2D eigenvalue weighted by molar-refractivity contribution is -0.271. The zero-order valence-electron chi connectivity index (χ0n) is 42.0. The number of nitrogens with one attached hydrogen (secondary N) is 4. The SMILES string of the molecule is O=C(O)CCC(NC(=O)Nc1ccc2c(c1)C(=O)OC21c2ccc(OC3O[C@@H](C(=O)O)[C@H](O)[C@@H](O)[C@@H]3O)cc2Oc2cc(OC3O[C@H](C(=O)O)[C@@H](O)[C@H](O)[C@H]3O)ccc21)C(=O)NCCCCNC(=O)c1cc2cc(Cl)c(O)cc2oc1=O. The molecule has 4 unspecified atom stereocenters. The van der Waals surface area contributed by atoms with E-state index in [-0.39, 0.29) is 104 Å². The Morgan fingerprint density at radius 2 is 1.23 bits per heavy atom. The van der Waals surface area contributed by atoms with Crippen molar-refractivity contribution in [2.75, 3.05) is 18.4 Å². The number of rotatable bonds is 18. The maximum atomic E-state index is 14.1. The number of urea groups is 1. The Labute approximate surface area is 464 Å². The molecule has 0 aliphatic carbocycles. The Hall–Kier alpha value is -8.65. The van der Waals surface area contributed by atoms with E-state index >= 15 is 0 Å². The molecule has 0 bridgehead atoms. The first-order chi connectivity index (χ1) is 38.9. The summed E-state index contributed by atoms with van der Waals surface area (Å²) < 4.78 is 39.7. The average Bonchev–Trinajstić information content (AvgIpc) is 1.75. The summed E-state index contributed by atoms with van der Waals surface area (Å²) in [6, 6.07) is 13.1. The zero-order chi connectivity index (χ0) is 59.1. The quantitative estimate of drug-likeness (QED) is 0.0310. The van der Waals surface area contributed by atoms with Crippen molar-refractivity contribution in [1.29, 1.82) is 0 Å². The number of aliphatic carboxylic acids is 3. The van der Waals surface area contributed by atoms with Crippen LogP contribution in [0.25, 0.3) is 11.0 Å². The fraction of sp³-hybridized carbons (Fsp3) is 0.346. The van der Waals surface area contributed by atoms with Gasteiger partial charge < -0.3 is 105 Å². The number of aliphatic hydroxyl groups excluding tert-OH is 6. The van der Waals surface area contributed by atoms with Crippen LogP contribution in [0.2, 0.25) is 5.02 Å². The fourth-order valence-electron chi connectivity index (χ4n) is 9.51. The monoisotopic (exact) mass is 1160 g/mol. The van der Waals surface area contributed by atoms with Crippen LogP contribution in [0.5, 0.6) is 28.7 Å². The highest BCUT2D eigenvalue weighted by Crippen LogP contribution is 2.57. The zero-order valence-corrected chi connectivity index (χ0v) is 42.8. The third-order valence-electron chi connectivity index (χ3n) is 13.6. The van der Waals surface area contributed by atoms with Crippen molar-refractivity contribution in [2.24, 2.45) is 0 Å². The van der Waals surface area contributed by atoms with Gasteiger partial charge in [0.2, 0.25) is 18.5 Å². The second-order valence-electron chi connectivity index (χ2n) is 19.1. The third kappa shape index (κ3) is 11.5. The number of amides is 4. The molecule has 2 saturated heterocycles. The molecule has 4 amide bonds. The number of carboxylic acids is 3. The Bertz CT molecular complexity index is 3350. The summed E-state index contributed by atoms with van der Waals surface area (Å²) in [6.07, 6.45) is -20.2. The van der Waals surface area contributed by atoms with Crippen LogP contribution in [0, 0.1) is 0 Å². The number of carbonyl (C=O) groups is 7. The van der Waals surface area contributed by atoms with Gasteiger partial charge in [0.25, 0.3) is 5.91 Å². The lowest BCUT2D eigenvalue weighted by Crippen LogP contribution is -2.61. The van der Waals surface area contributed by atoms with Crippen LogP contribution < -0.4 is 41.1 Å². The van der Waals surface area contributed by atoms with Crippen molar-refractivity contribution in [2.45, 2.75) is 98.7 Å². The standard InChI is InChI=1S/C52H49ClN4O25/c53-28-14-19-13-24(47(73)79-31(19)18-30(28)58)43(67)54-11-1-2-12-55-44(68)29(9-10-34(59)60)57-51(75)56-20-3-6-25-23(15-20)48(74)82-52(25)26-7-4-21(76-49-39(65)35(61)37(63)41(80-49)45(69)70)16-32(26)78-33-17-22(5-8-27(33)52)77-50-40(66)36(62)38(64)42(81-50)46(71)72/h3-8,13-18,29,35-42,49-50,58,61-66H,1-2,9-12H2,(H,54,67)(H,55,68)(H,59,60)(H,69,70)(H,71,72)(H2,56,57,75)/t29?,35-,36+,37-,38+,39+,40-,41-,42+,49?,50?,52?. The fourth-order valence-corrected chi connectivity index (χ4v) is 9.68. The Morgan fingerprint density at radius 3 is 1.79 bits per heavy atom. The molecule has 4 aliphatic rings. The number of anilines is 1. The van der Waals surface area contributed by atoms with Crippen LogP contribution in [0.3, 0.4) is 0 Å². The average molecular weight is 1170 g/mol. The number of ether oxygens (including phenoxy) is 6. The predicted octanol–water partition coefficient (Wildman–Crippen LogP) is -0.0567. The molecule has 14 N–H and O–H groups in total. The van der Waals surface area contributed by atoms with Crippen LogP contribution in [0.15, 0.2) is 82.0 Å². The number of carbonyl (C=O) groups excluding carboxylic acids is 4. The maximum Gasteiger partial charge on any atom is 0.349 e. The number of aliphatic hydroxyl groups is 6. The van der Waals surface area contributed by atoms with Crippen molar-refractivity contribution >= 4 is 70.0 Å². The van der Waals surface area contributed by atoms with E-state index in [1.165, 1.54) is 66.7 Å². The molecule has 0 saturated carbocycles. The summed E-state index contributed by atoms with van der Waals surface area (Å²) >= 11 is 5.94. The van der Waals surface area contributed by atoms with Crippen molar-refractivity contribution < 1.29 is 117 Å². The van der Waals surface area contributed by atoms with Crippen molar-refractivity contribution in [3.8, 4) is 28.7 Å². The summed E-state index contributed by atoms with van der Waals surface area (Å²) in [5, 5.41) is 111. The minimum Gasteiger partial charge on any atom is -0.506 e. The highest BCUT2D eigenvalue weighted by Gasteiger charge is 2.55. The molecular weight excluding hydrogens is 1120 g/mol. The molecule has 1 spiro atoms. The minimum absolute atomic E-state index is 0.0106. The van der Waals surface area contributed by atoms with E-state index in [1.54, 1.807) is 0 Å². The molecule has 1 aromatic heterocycles. The van der Waals surface area contributed by atoms with Crippen LogP contribution >= 0.6 is 11.6 Å². The van der Waals surface area contributed by atoms with Crippen molar-refractivity contribution in [3.63, 3.8) is 0 Å². The number of hydrogen-bond donors (Lipinski definition) is 14. The molecule has 4 aromatic carbocycles. The molecule has 82 heavy (non-hydrogen) atoms. The van der Waals surface area contributed by atoms with Crippen LogP contribution in [-0.4, -0.2) is 173 Å². The van der Waals surface area contributed by atoms with Gasteiger partial charge in [0.1, 0.15) is 82.6 Å². The number of phenolic OH excluding ortho intramolecular Hbond substituents is 1. The topological polar surface area (TPSA) is 455 Å². The van der Waals surface area contributed by atoms with Crippen molar-refractivity contribution in [3.05, 3.63) is 116 Å². The van der Waals surface area contributed by atoms with Gasteiger partial charge in [-0.1, -0.05) is 17.7 Å². The largest absolute Gasteiger partial charge is 0.506 e. The van der Waals surface area contributed by atoms with Crippen LogP contribution in [-0.2, 0) is 39.0 Å². The van der Waals surface area contributed by atoms with E-state index in [0.717, 1.165) is 6.07 Å². The Kier molecular flexibility index (Phi) is 16.6. The smallest absolute Gasteiger partial charge is 0.349 e. The van der Waals surface area contributed by atoms with Crippen LogP contribution in [0.4, 0.5) is 10.5 Å². The first kappa shape index (κ1) is 58.0. The van der Waals surface area contributed by atoms with Gasteiger partial charge in [-0.15, -0.1) is 0 Å². The Balaban J connectivity index is 0.914.